The van der Waals surface area contributed by atoms with Gasteiger partial charge in [0.05, 0.1) is 11.9 Å². The van der Waals surface area contributed by atoms with E-state index < -0.39 is 0 Å². The first-order chi connectivity index (χ1) is 10.1. The number of amides is 1. The van der Waals surface area contributed by atoms with E-state index >= 15 is 0 Å². The molecule has 0 fully saturated rings. The molecule has 0 aliphatic carbocycles. The van der Waals surface area contributed by atoms with Crippen LogP contribution in [0.3, 0.4) is 0 Å². The molecule has 1 aromatic heterocycles. The van der Waals surface area contributed by atoms with Crippen molar-refractivity contribution in [2.24, 2.45) is 0 Å². The second-order valence-electron chi connectivity index (χ2n) is 4.57. The van der Waals surface area contributed by atoms with Gasteiger partial charge in [0, 0.05) is 15.5 Å². The Morgan fingerprint density at radius 2 is 1.81 bits per heavy atom. The molecular formula is C16H12BrN3O. The van der Waals surface area contributed by atoms with Crippen LogP contribution < -0.4 is 11.1 Å². The maximum Gasteiger partial charge on any atom is 0.274 e. The van der Waals surface area contributed by atoms with Gasteiger partial charge in [-0.2, -0.15) is 0 Å². The van der Waals surface area contributed by atoms with Crippen LogP contribution in [0.5, 0.6) is 0 Å². The van der Waals surface area contributed by atoms with Crippen molar-refractivity contribution in [2.45, 2.75) is 0 Å². The van der Waals surface area contributed by atoms with E-state index in [0.717, 1.165) is 20.9 Å². The fraction of sp³-hybridized carbons (Fsp3) is 0. The van der Waals surface area contributed by atoms with E-state index in [1.54, 1.807) is 12.1 Å². The van der Waals surface area contributed by atoms with Gasteiger partial charge in [0.2, 0.25) is 0 Å². The normalized spacial score (nSPS) is 10.5. The van der Waals surface area contributed by atoms with Crippen molar-refractivity contribution >= 4 is 44.0 Å². The summed E-state index contributed by atoms with van der Waals surface area (Å²) >= 11 is 3.51. The van der Waals surface area contributed by atoms with Gasteiger partial charge >= 0.3 is 0 Å². The molecule has 104 valence electrons. The van der Waals surface area contributed by atoms with Crippen LogP contribution in [0.25, 0.3) is 10.8 Å². The van der Waals surface area contributed by atoms with Crippen LogP contribution in [-0.4, -0.2) is 10.9 Å². The summed E-state index contributed by atoms with van der Waals surface area (Å²) in [6, 6.07) is 14.9. The Bertz CT molecular complexity index is 815. The van der Waals surface area contributed by atoms with Gasteiger partial charge in [-0.15, -0.1) is 0 Å². The molecule has 5 heteroatoms. The number of carbonyl (C=O) groups excluding carboxylic acids is 1. The molecule has 3 N–H and O–H groups in total. The lowest BCUT2D eigenvalue weighted by molar-refractivity contribution is 0.102. The molecule has 0 spiro atoms. The highest BCUT2D eigenvalue weighted by atomic mass is 79.9. The zero-order valence-corrected chi connectivity index (χ0v) is 12.6. The van der Waals surface area contributed by atoms with Gasteiger partial charge in [0.15, 0.2) is 0 Å². The van der Waals surface area contributed by atoms with E-state index in [0.29, 0.717) is 11.4 Å². The minimum absolute atomic E-state index is 0.262. The highest BCUT2D eigenvalue weighted by Gasteiger charge is 2.10. The number of pyridine rings is 1. The first-order valence-corrected chi connectivity index (χ1v) is 7.14. The molecule has 0 unspecified atom stereocenters. The number of hydrogen-bond donors (Lipinski definition) is 2. The molecule has 3 aromatic rings. The number of nitrogens with one attached hydrogen (secondary N) is 1. The molecule has 0 saturated carbocycles. The topological polar surface area (TPSA) is 68.0 Å². The number of nitrogens with zero attached hydrogens (tertiary/aromatic N) is 1. The number of aromatic nitrogens is 1. The Balaban J connectivity index is 1.97. The van der Waals surface area contributed by atoms with E-state index in [2.05, 4.69) is 26.2 Å². The van der Waals surface area contributed by atoms with Crippen molar-refractivity contribution in [1.29, 1.82) is 0 Å². The minimum Gasteiger partial charge on any atom is -0.397 e. The number of benzene rings is 2. The van der Waals surface area contributed by atoms with Gasteiger partial charge in [-0.05, 0) is 29.7 Å². The van der Waals surface area contributed by atoms with Crippen LogP contribution in [0.2, 0.25) is 0 Å². The van der Waals surface area contributed by atoms with Crippen LogP contribution in [-0.2, 0) is 0 Å². The molecule has 1 amide bonds. The summed E-state index contributed by atoms with van der Waals surface area (Å²) in [5.74, 6) is -0.262. The number of hydrogen-bond acceptors (Lipinski definition) is 3. The fourth-order valence-corrected chi connectivity index (χ4v) is 2.58. The van der Waals surface area contributed by atoms with E-state index in [1.807, 2.05) is 36.4 Å². The Labute approximate surface area is 130 Å². The Kier molecular flexibility index (Phi) is 3.58. The maximum absolute atomic E-state index is 12.2. The summed E-state index contributed by atoms with van der Waals surface area (Å²) in [7, 11) is 0. The molecule has 4 nitrogen and oxygen atoms in total. The summed E-state index contributed by atoms with van der Waals surface area (Å²) in [6.45, 7) is 0. The number of nitrogens with two attached hydrogens (primary N) is 1. The zero-order chi connectivity index (χ0) is 14.8. The van der Waals surface area contributed by atoms with Crippen LogP contribution in [0.4, 0.5) is 11.4 Å². The molecule has 0 bridgehead atoms. The van der Waals surface area contributed by atoms with E-state index in [-0.39, 0.29) is 5.91 Å². The third-order valence-corrected chi connectivity index (χ3v) is 3.83. The largest absolute Gasteiger partial charge is 0.397 e. The highest BCUT2D eigenvalue weighted by Crippen LogP contribution is 2.30. The molecule has 2 aromatic carbocycles. The van der Waals surface area contributed by atoms with Crippen molar-refractivity contribution < 1.29 is 4.79 Å². The zero-order valence-electron chi connectivity index (χ0n) is 11.0. The van der Waals surface area contributed by atoms with Crippen molar-refractivity contribution in [1.82, 2.24) is 4.98 Å². The van der Waals surface area contributed by atoms with Gasteiger partial charge in [0.25, 0.3) is 5.91 Å². The number of rotatable bonds is 2. The van der Waals surface area contributed by atoms with E-state index in [4.69, 9.17) is 5.73 Å². The lowest BCUT2D eigenvalue weighted by atomic mass is 10.1. The summed E-state index contributed by atoms with van der Waals surface area (Å²) in [6.07, 6.45) is 1.47. The van der Waals surface area contributed by atoms with Crippen LogP contribution >= 0.6 is 15.9 Å². The maximum atomic E-state index is 12.2. The van der Waals surface area contributed by atoms with Crippen LogP contribution in [0.1, 0.15) is 10.5 Å². The van der Waals surface area contributed by atoms with E-state index in [1.165, 1.54) is 6.20 Å². The molecule has 0 radical (unpaired) electrons. The third-order valence-electron chi connectivity index (χ3n) is 3.14. The number of fused-ring (bicyclic) bond motifs is 1. The van der Waals surface area contributed by atoms with E-state index in [9.17, 15) is 4.79 Å². The fourth-order valence-electron chi connectivity index (χ4n) is 2.10. The van der Waals surface area contributed by atoms with Gasteiger partial charge in [-0.25, -0.2) is 4.98 Å². The molecule has 0 aliphatic heterocycles. The second-order valence-corrected chi connectivity index (χ2v) is 5.43. The quantitative estimate of drug-likeness (QED) is 0.744. The Hall–Kier alpha value is -2.40. The molecular weight excluding hydrogens is 330 g/mol. The second kappa shape index (κ2) is 5.54. The van der Waals surface area contributed by atoms with Crippen molar-refractivity contribution in [3.05, 3.63) is 64.9 Å². The first kappa shape index (κ1) is 13.6. The smallest absolute Gasteiger partial charge is 0.274 e. The molecule has 3 rings (SSSR count). The van der Waals surface area contributed by atoms with Crippen molar-refractivity contribution in [3.63, 3.8) is 0 Å². The molecule has 0 saturated heterocycles. The van der Waals surface area contributed by atoms with Crippen LogP contribution in [0.15, 0.2) is 59.2 Å². The number of carbonyl (C=O) groups is 1. The van der Waals surface area contributed by atoms with Crippen molar-refractivity contribution in [2.75, 3.05) is 11.1 Å². The highest BCUT2D eigenvalue weighted by molar-refractivity contribution is 9.10. The first-order valence-electron chi connectivity index (χ1n) is 6.35. The summed E-state index contributed by atoms with van der Waals surface area (Å²) in [5.41, 5.74) is 7.18. The van der Waals surface area contributed by atoms with Gasteiger partial charge in [-0.1, -0.05) is 40.2 Å². The lowest BCUT2D eigenvalue weighted by Gasteiger charge is -2.09. The average molecular weight is 342 g/mol. The molecule has 0 atom stereocenters. The molecule has 21 heavy (non-hydrogen) atoms. The number of nitrogen functional groups attached to an aromatic ring is 1. The van der Waals surface area contributed by atoms with Crippen molar-refractivity contribution in [3.8, 4) is 0 Å². The van der Waals surface area contributed by atoms with Gasteiger partial charge in [-0.3, -0.25) is 4.79 Å². The average Bonchev–Trinajstić information content (AvgIpc) is 2.51. The van der Waals surface area contributed by atoms with Crippen LogP contribution in [0, 0.1) is 0 Å². The minimum atomic E-state index is -0.262. The SMILES string of the molecule is Nc1ccc(C(=O)Nc2ccc(Br)c3ccccc23)nc1. The van der Waals surface area contributed by atoms with Gasteiger partial charge in [0.1, 0.15) is 5.69 Å². The molecule has 0 aliphatic rings. The Morgan fingerprint density at radius 1 is 1.05 bits per heavy atom. The summed E-state index contributed by atoms with van der Waals surface area (Å²) in [4.78, 5) is 16.3. The predicted molar refractivity (Wildman–Crippen MR) is 88.3 cm³/mol. The number of anilines is 2. The third kappa shape index (κ3) is 2.73. The standard InChI is InChI=1S/C16H12BrN3O/c17-13-6-8-14(12-4-2-1-3-11(12)13)20-16(21)15-7-5-10(18)9-19-15/h1-9H,18H2,(H,20,21). The molecule has 1 heterocycles. The Morgan fingerprint density at radius 3 is 2.52 bits per heavy atom. The predicted octanol–water partition coefficient (Wildman–Crippen LogP) is 3.83. The monoisotopic (exact) mass is 341 g/mol. The number of halogens is 1. The summed E-state index contributed by atoms with van der Waals surface area (Å²) < 4.78 is 0.988. The summed E-state index contributed by atoms with van der Waals surface area (Å²) in [5, 5.41) is 4.90. The van der Waals surface area contributed by atoms with Gasteiger partial charge < -0.3 is 11.1 Å². The lowest BCUT2D eigenvalue weighted by Crippen LogP contribution is -2.13.